The van der Waals surface area contributed by atoms with Gasteiger partial charge < -0.3 is 20.1 Å². The lowest BCUT2D eigenvalue weighted by Crippen LogP contribution is -2.27. The first kappa shape index (κ1) is 17.4. The second-order valence-electron chi connectivity index (χ2n) is 4.84. The van der Waals surface area contributed by atoms with Crippen molar-refractivity contribution in [2.24, 2.45) is 0 Å². The summed E-state index contributed by atoms with van der Waals surface area (Å²) in [6.07, 6.45) is 1.52. The van der Waals surface area contributed by atoms with Crippen molar-refractivity contribution < 1.29 is 19.1 Å². The zero-order valence-corrected chi connectivity index (χ0v) is 13.5. The fraction of sp³-hybridized carbons (Fsp3) is 0.235. The van der Waals surface area contributed by atoms with E-state index in [4.69, 9.17) is 9.47 Å². The van der Waals surface area contributed by atoms with Crippen molar-refractivity contribution >= 4 is 23.4 Å². The van der Waals surface area contributed by atoms with Crippen molar-refractivity contribution in [2.45, 2.75) is 0 Å². The molecule has 0 radical (unpaired) electrons. The molecule has 0 saturated heterocycles. The quantitative estimate of drug-likeness (QED) is 0.596. The fourth-order valence-electron chi connectivity index (χ4n) is 2.03. The average Bonchev–Trinajstić information content (AvgIpc) is 2.62. The predicted octanol–water partition coefficient (Wildman–Crippen LogP) is 1.99. The molecule has 0 aliphatic carbocycles. The maximum Gasteiger partial charge on any atom is 0.339 e. The Morgan fingerprint density at radius 3 is 2.71 bits per heavy atom. The molecule has 1 heterocycles. The molecule has 1 aromatic carbocycles. The molecule has 0 spiro atoms. The molecule has 0 aliphatic rings. The summed E-state index contributed by atoms with van der Waals surface area (Å²) in [4.78, 5) is 28.0. The number of hydrogen-bond donors (Lipinski definition) is 2. The van der Waals surface area contributed by atoms with Gasteiger partial charge in [0.1, 0.15) is 5.82 Å². The van der Waals surface area contributed by atoms with Crippen LogP contribution < -0.4 is 10.6 Å². The van der Waals surface area contributed by atoms with Crippen LogP contribution in [0.1, 0.15) is 20.7 Å². The summed E-state index contributed by atoms with van der Waals surface area (Å²) >= 11 is 0. The van der Waals surface area contributed by atoms with E-state index in [0.717, 1.165) is 0 Å². The lowest BCUT2D eigenvalue weighted by molar-refractivity contribution is 0.0601. The number of benzene rings is 1. The van der Waals surface area contributed by atoms with Crippen molar-refractivity contribution in [2.75, 3.05) is 32.7 Å². The van der Waals surface area contributed by atoms with Crippen LogP contribution in [0.5, 0.6) is 0 Å². The summed E-state index contributed by atoms with van der Waals surface area (Å²) in [5.74, 6) is -0.226. The number of anilines is 2. The molecule has 0 saturated carbocycles. The predicted molar refractivity (Wildman–Crippen MR) is 89.5 cm³/mol. The van der Waals surface area contributed by atoms with Gasteiger partial charge in [0, 0.05) is 25.4 Å². The fourth-order valence-corrected chi connectivity index (χ4v) is 2.03. The van der Waals surface area contributed by atoms with Crippen LogP contribution in [-0.2, 0) is 9.47 Å². The third-order valence-electron chi connectivity index (χ3n) is 3.21. The molecule has 2 rings (SSSR count). The maximum absolute atomic E-state index is 12.0. The van der Waals surface area contributed by atoms with E-state index in [9.17, 15) is 9.59 Å². The molecular weight excluding hydrogens is 310 g/mol. The number of nitrogens with one attached hydrogen (secondary N) is 2. The molecule has 2 N–H and O–H groups in total. The van der Waals surface area contributed by atoms with Crippen molar-refractivity contribution in [3.05, 3.63) is 53.7 Å². The monoisotopic (exact) mass is 329 g/mol. The Bertz CT molecular complexity index is 718. The van der Waals surface area contributed by atoms with Gasteiger partial charge in [-0.3, -0.25) is 4.79 Å². The first-order valence-electron chi connectivity index (χ1n) is 7.33. The third-order valence-corrected chi connectivity index (χ3v) is 3.21. The summed E-state index contributed by atoms with van der Waals surface area (Å²) < 4.78 is 9.65. The van der Waals surface area contributed by atoms with Crippen molar-refractivity contribution in [3.8, 4) is 0 Å². The second kappa shape index (κ2) is 8.64. The van der Waals surface area contributed by atoms with Crippen LogP contribution in [0.4, 0.5) is 11.5 Å². The van der Waals surface area contributed by atoms with E-state index < -0.39 is 5.97 Å². The van der Waals surface area contributed by atoms with Crippen LogP contribution in [0.15, 0.2) is 42.6 Å². The minimum atomic E-state index is -0.452. The molecule has 1 aromatic heterocycles. The lowest BCUT2D eigenvalue weighted by Gasteiger charge is -2.11. The van der Waals surface area contributed by atoms with E-state index in [2.05, 4.69) is 15.6 Å². The van der Waals surface area contributed by atoms with E-state index in [1.165, 1.54) is 13.3 Å². The van der Waals surface area contributed by atoms with Crippen LogP contribution in [0, 0.1) is 0 Å². The highest BCUT2D eigenvalue weighted by Crippen LogP contribution is 2.20. The van der Waals surface area contributed by atoms with E-state index in [-0.39, 0.29) is 5.91 Å². The smallest absolute Gasteiger partial charge is 0.339 e. The van der Waals surface area contributed by atoms with Gasteiger partial charge in [-0.25, -0.2) is 9.78 Å². The van der Waals surface area contributed by atoms with E-state index in [1.54, 1.807) is 43.5 Å². The number of amides is 1. The van der Waals surface area contributed by atoms with E-state index in [1.807, 2.05) is 0 Å². The SMILES string of the molecule is COCCNC(=O)c1ccnc(Nc2ccccc2C(=O)OC)c1. The van der Waals surface area contributed by atoms with Crippen molar-refractivity contribution in [1.29, 1.82) is 0 Å². The Balaban J connectivity index is 2.15. The van der Waals surface area contributed by atoms with Gasteiger partial charge >= 0.3 is 5.97 Å². The number of para-hydroxylation sites is 1. The van der Waals surface area contributed by atoms with Gasteiger partial charge in [-0.1, -0.05) is 12.1 Å². The van der Waals surface area contributed by atoms with E-state index in [0.29, 0.717) is 35.8 Å². The molecule has 7 nitrogen and oxygen atoms in total. The molecular formula is C17H19N3O4. The highest BCUT2D eigenvalue weighted by Gasteiger charge is 2.12. The molecule has 0 bridgehead atoms. The van der Waals surface area contributed by atoms with Gasteiger partial charge in [-0.05, 0) is 24.3 Å². The molecule has 24 heavy (non-hydrogen) atoms. The number of nitrogens with zero attached hydrogens (tertiary/aromatic N) is 1. The second-order valence-corrected chi connectivity index (χ2v) is 4.84. The number of methoxy groups -OCH3 is 2. The zero-order valence-electron chi connectivity index (χ0n) is 13.5. The number of rotatable bonds is 7. The maximum atomic E-state index is 12.0. The van der Waals surface area contributed by atoms with Gasteiger partial charge in [0.05, 0.1) is 25.0 Å². The van der Waals surface area contributed by atoms with Crippen LogP contribution in [0.2, 0.25) is 0 Å². The highest BCUT2D eigenvalue weighted by molar-refractivity contribution is 5.97. The largest absolute Gasteiger partial charge is 0.465 e. The van der Waals surface area contributed by atoms with Gasteiger partial charge in [0.2, 0.25) is 0 Å². The highest BCUT2D eigenvalue weighted by atomic mass is 16.5. The molecule has 1 amide bonds. The van der Waals surface area contributed by atoms with Gasteiger partial charge in [-0.15, -0.1) is 0 Å². The molecule has 2 aromatic rings. The average molecular weight is 329 g/mol. The standard InChI is InChI=1S/C17H19N3O4/c1-23-10-9-19-16(21)12-7-8-18-15(11-12)20-14-6-4-3-5-13(14)17(22)24-2/h3-8,11H,9-10H2,1-2H3,(H,18,20)(H,19,21). The Labute approximate surface area is 140 Å². The Kier molecular flexibility index (Phi) is 6.27. The minimum absolute atomic E-state index is 0.223. The summed E-state index contributed by atoms with van der Waals surface area (Å²) in [6, 6.07) is 10.1. The third kappa shape index (κ3) is 4.53. The summed E-state index contributed by atoms with van der Waals surface area (Å²) in [6.45, 7) is 0.861. The molecule has 0 atom stereocenters. The number of ether oxygens (including phenoxy) is 2. The zero-order chi connectivity index (χ0) is 17.4. The number of pyridine rings is 1. The molecule has 0 aliphatic heterocycles. The van der Waals surface area contributed by atoms with Gasteiger partial charge in [0.15, 0.2) is 0 Å². The Morgan fingerprint density at radius 2 is 1.96 bits per heavy atom. The van der Waals surface area contributed by atoms with Crippen LogP contribution in [0.3, 0.4) is 0 Å². The summed E-state index contributed by atoms with van der Waals surface area (Å²) in [5, 5.41) is 5.77. The normalized spacial score (nSPS) is 10.1. The Morgan fingerprint density at radius 1 is 1.17 bits per heavy atom. The number of carbonyl (C=O) groups excluding carboxylic acids is 2. The van der Waals surface area contributed by atoms with Crippen molar-refractivity contribution in [3.63, 3.8) is 0 Å². The molecule has 0 unspecified atom stereocenters. The van der Waals surface area contributed by atoms with E-state index >= 15 is 0 Å². The van der Waals surface area contributed by atoms with Crippen LogP contribution in [-0.4, -0.2) is 44.2 Å². The number of esters is 1. The Hall–Kier alpha value is -2.93. The number of aromatic nitrogens is 1. The number of carbonyl (C=O) groups is 2. The first-order chi connectivity index (χ1) is 11.7. The molecule has 126 valence electrons. The van der Waals surface area contributed by atoms with Crippen molar-refractivity contribution in [1.82, 2.24) is 10.3 Å². The first-order valence-corrected chi connectivity index (χ1v) is 7.33. The molecule has 7 heteroatoms. The van der Waals surface area contributed by atoms with Crippen LogP contribution in [0.25, 0.3) is 0 Å². The lowest BCUT2D eigenvalue weighted by atomic mass is 10.1. The summed E-state index contributed by atoms with van der Waals surface area (Å²) in [5.41, 5.74) is 1.39. The van der Waals surface area contributed by atoms with Crippen LogP contribution >= 0.6 is 0 Å². The number of hydrogen-bond acceptors (Lipinski definition) is 6. The summed E-state index contributed by atoms with van der Waals surface area (Å²) in [7, 11) is 2.89. The van der Waals surface area contributed by atoms with Gasteiger partial charge in [-0.2, -0.15) is 0 Å². The topological polar surface area (TPSA) is 89.5 Å². The minimum Gasteiger partial charge on any atom is -0.465 e. The van der Waals surface area contributed by atoms with Gasteiger partial charge in [0.25, 0.3) is 5.91 Å². The molecule has 0 fully saturated rings.